The van der Waals surface area contributed by atoms with Crippen molar-refractivity contribution in [3.8, 4) is 17.2 Å². The standard InChI is InChI=1S/C15H22N4O2/c1-4-19(5-2)10-13(16)14-17-15(21-18-14)11-7-6-8-12(9-11)20-3/h6-9,13H,4-5,10,16H2,1-3H3. The van der Waals surface area contributed by atoms with E-state index in [0.717, 1.165) is 24.4 Å². The Morgan fingerprint density at radius 1 is 1.33 bits per heavy atom. The fourth-order valence-electron chi connectivity index (χ4n) is 2.10. The van der Waals surface area contributed by atoms with Crippen molar-refractivity contribution in [1.82, 2.24) is 15.0 Å². The molecule has 0 aliphatic carbocycles. The van der Waals surface area contributed by atoms with Gasteiger partial charge >= 0.3 is 0 Å². The first-order valence-electron chi connectivity index (χ1n) is 7.13. The Kier molecular flexibility index (Phi) is 5.30. The van der Waals surface area contributed by atoms with Crippen LogP contribution in [0.25, 0.3) is 11.5 Å². The molecule has 6 nitrogen and oxygen atoms in total. The summed E-state index contributed by atoms with van der Waals surface area (Å²) in [5, 5.41) is 3.99. The molecular weight excluding hydrogens is 268 g/mol. The van der Waals surface area contributed by atoms with Gasteiger partial charge in [-0.1, -0.05) is 25.1 Å². The molecule has 1 aromatic carbocycles. The third-order valence-corrected chi connectivity index (χ3v) is 3.44. The van der Waals surface area contributed by atoms with E-state index in [0.29, 0.717) is 18.3 Å². The molecule has 1 heterocycles. The Bertz CT molecular complexity index is 566. The molecule has 2 rings (SSSR count). The third-order valence-electron chi connectivity index (χ3n) is 3.44. The third kappa shape index (κ3) is 3.80. The quantitative estimate of drug-likeness (QED) is 0.841. The van der Waals surface area contributed by atoms with Crippen molar-refractivity contribution in [2.45, 2.75) is 19.9 Å². The summed E-state index contributed by atoms with van der Waals surface area (Å²) >= 11 is 0. The largest absolute Gasteiger partial charge is 0.497 e. The van der Waals surface area contributed by atoms with Gasteiger partial charge in [-0.25, -0.2) is 0 Å². The van der Waals surface area contributed by atoms with E-state index in [1.165, 1.54) is 0 Å². The molecular formula is C15H22N4O2. The number of rotatable bonds is 7. The van der Waals surface area contributed by atoms with Crippen LogP contribution in [0.1, 0.15) is 25.7 Å². The first kappa shape index (κ1) is 15.5. The number of ether oxygens (including phenoxy) is 1. The van der Waals surface area contributed by atoms with Crippen LogP contribution in [-0.2, 0) is 0 Å². The van der Waals surface area contributed by atoms with Gasteiger partial charge in [0.1, 0.15) is 5.75 Å². The summed E-state index contributed by atoms with van der Waals surface area (Å²) < 4.78 is 10.5. The Hall–Kier alpha value is -1.92. The lowest BCUT2D eigenvalue weighted by Crippen LogP contribution is -2.32. The fourth-order valence-corrected chi connectivity index (χ4v) is 2.10. The highest BCUT2D eigenvalue weighted by Crippen LogP contribution is 2.23. The lowest BCUT2D eigenvalue weighted by atomic mass is 10.2. The molecule has 1 unspecified atom stereocenters. The minimum atomic E-state index is -0.256. The predicted molar refractivity (Wildman–Crippen MR) is 81.0 cm³/mol. The van der Waals surface area contributed by atoms with Gasteiger partial charge in [0, 0.05) is 12.1 Å². The van der Waals surface area contributed by atoms with Gasteiger partial charge in [-0.15, -0.1) is 0 Å². The van der Waals surface area contributed by atoms with Crippen LogP contribution in [0.2, 0.25) is 0 Å². The summed E-state index contributed by atoms with van der Waals surface area (Å²) in [6.07, 6.45) is 0. The minimum Gasteiger partial charge on any atom is -0.497 e. The second kappa shape index (κ2) is 7.19. The first-order valence-corrected chi connectivity index (χ1v) is 7.13. The molecule has 114 valence electrons. The van der Waals surface area contributed by atoms with Crippen molar-refractivity contribution >= 4 is 0 Å². The van der Waals surface area contributed by atoms with Crippen molar-refractivity contribution in [1.29, 1.82) is 0 Å². The van der Waals surface area contributed by atoms with Gasteiger partial charge in [-0.05, 0) is 31.3 Å². The van der Waals surface area contributed by atoms with Crippen molar-refractivity contribution in [3.05, 3.63) is 30.1 Å². The van der Waals surface area contributed by atoms with E-state index >= 15 is 0 Å². The Morgan fingerprint density at radius 2 is 2.10 bits per heavy atom. The topological polar surface area (TPSA) is 77.4 Å². The zero-order chi connectivity index (χ0) is 15.2. The van der Waals surface area contributed by atoms with Gasteiger partial charge in [0.15, 0.2) is 5.82 Å². The normalized spacial score (nSPS) is 12.6. The number of likely N-dealkylation sites (N-methyl/N-ethyl adjacent to an activating group) is 1. The van der Waals surface area contributed by atoms with E-state index in [1.807, 2.05) is 24.3 Å². The molecule has 0 spiro atoms. The fraction of sp³-hybridized carbons (Fsp3) is 0.467. The average Bonchev–Trinajstić information content (AvgIpc) is 3.02. The van der Waals surface area contributed by atoms with Gasteiger partial charge < -0.3 is 19.9 Å². The van der Waals surface area contributed by atoms with E-state index in [-0.39, 0.29) is 6.04 Å². The smallest absolute Gasteiger partial charge is 0.258 e. The summed E-state index contributed by atoms with van der Waals surface area (Å²) in [6.45, 7) is 6.82. The zero-order valence-electron chi connectivity index (χ0n) is 12.7. The zero-order valence-corrected chi connectivity index (χ0v) is 12.7. The minimum absolute atomic E-state index is 0.256. The Balaban J connectivity index is 2.13. The molecule has 0 radical (unpaired) electrons. The number of aromatic nitrogens is 2. The molecule has 0 amide bonds. The van der Waals surface area contributed by atoms with E-state index in [2.05, 4.69) is 28.9 Å². The molecule has 0 aliphatic heterocycles. The van der Waals surface area contributed by atoms with Gasteiger partial charge in [0.2, 0.25) is 0 Å². The van der Waals surface area contributed by atoms with Crippen LogP contribution >= 0.6 is 0 Å². The number of benzene rings is 1. The van der Waals surface area contributed by atoms with Crippen LogP contribution in [0.5, 0.6) is 5.75 Å². The summed E-state index contributed by atoms with van der Waals surface area (Å²) in [5.74, 6) is 1.73. The molecule has 1 atom stereocenters. The Labute approximate surface area is 124 Å². The van der Waals surface area contributed by atoms with Crippen molar-refractivity contribution in [2.75, 3.05) is 26.7 Å². The highest BCUT2D eigenvalue weighted by Gasteiger charge is 2.17. The van der Waals surface area contributed by atoms with Gasteiger partial charge in [0.25, 0.3) is 5.89 Å². The summed E-state index contributed by atoms with van der Waals surface area (Å²) in [5.41, 5.74) is 6.97. The van der Waals surface area contributed by atoms with Gasteiger partial charge in [0.05, 0.1) is 13.2 Å². The molecule has 0 bridgehead atoms. The van der Waals surface area contributed by atoms with Crippen LogP contribution < -0.4 is 10.5 Å². The molecule has 2 N–H and O–H groups in total. The maximum Gasteiger partial charge on any atom is 0.258 e. The van der Waals surface area contributed by atoms with Crippen molar-refractivity contribution in [3.63, 3.8) is 0 Å². The predicted octanol–water partition coefficient (Wildman–Crippen LogP) is 2.09. The van der Waals surface area contributed by atoms with Crippen LogP contribution in [0.3, 0.4) is 0 Å². The average molecular weight is 290 g/mol. The second-order valence-electron chi connectivity index (χ2n) is 4.78. The highest BCUT2D eigenvalue weighted by molar-refractivity contribution is 5.55. The molecule has 0 saturated heterocycles. The maximum absolute atomic E-state index is 6.14. The molecule has 6 heteroatoms. The molecule has 0 saturated carbocycles. The molecule has 0 aliphatic rings. The maximum atomic E-state index is 6.14. The number of hydrogen-bond acceptors (Lipinski definition) is 6. The number of hydrogen-bond donors (Lipinski definition) is 1. The SMILES string of the molecule is CCN(CC)CC(N)c1noc(-c2cccc(OC)c2)n1. The highest BCUT2D eigenvalue weighted by atomic mass is 16.5. The molecule has 2 aromatic rings. The van der Waals surface area contributed by atoms with E-state index in [9.17, 15) is 0 Å². The van der Waals surface area contributed by atoms with Gasteiger partial charge in [-0.3, -0.25) is 0 Å². The van der Waals surface area contributed by atoms with E-state index in [4.69, 9.17) is 15.0 Å². The van der Waals surface area contributed by atoms with Crippen LogP contribution in [0, 0.1) is 0 Å². The summed E-state index contributed by atoms with van der Waals surface area (Å²) in [7, 11) is 1.62. The van der Waals surface area contributed by atoms with Crippen LogP contribution in [0.15, 0.2) is 28.8 Å². The summed E-state index contributed by atoms with van der Waals surface area (Å²) in [4.78, 5) is 6.62. The van der Waals surface area contributed by atoms with Crippen molar-refractivity contribution < 1.29 is 9.26 Å². The number of nitrogens with zero attached hydrogens (tertiary/aromatic N) is 3. The second-order valence-corrected chi connectivity index (χ2v) is 4.78. The van der Waals surface area contributed by atoms with E-state index in [1.54, 1.807) is 7.11 Å². The van der Waals surface area contributed by atoms with Gasteiger partial charge in [-0.2, -0.15) is 4.98 Å². The van der Waals surface area contributed by atoms with E-state index < -0.39 is 0 Å². The van der Waals surface area contributed by atoms with Crippen LogP contribution in [-0.4, -0.2) is 41.8 Å². The molecule has 0 fully saturated rings. The molecule has 1 aromatic heterocycles. The lowest BCUT2D eigenvalue weighted by molar-refractivity contribution is 0.278. The lowest BCUT2D eigenvalue weighted by Gasteiger charge is -2.20. The number of nitrogens with two attached hydrogens (primary N) is 1. The number of methoxy groups -OCH3 is 1. The van der Waals surface area contributed by atoms with Crippen LogP contribution in [0.4, 0.5) is 0 Å². The first-order chi connectivity index (χ1) is 10.2. The summed E-state index contributed by atoms with van der Waals surface area (Å²) in [6, 6.07) is 7.25. The van der Waals surface area contributed by atoms with Crippen molar-refractivity contribution in [2.24, 2.45) is 5.73 Å². The molecule has 21 heavy (non-hydrogen) atoms. The Morgan fingerprint density at radius 3 is 2.76 bits per heavy atom. The monoisotopic (exact) mass is 290 g/mol.